The van der Waals surface area contributed by atoms with Gasteiger partial charge in [-0.15, -0.1) is 0 Å². The van der Waals surface area contributed by atoms with E-state index in [-0.39, 0.29) is 42.3 Å². The molecule has 0 aromatic rings. The minimum absolute atomic E-state index is 0.0310. The molecule has 2 unspecified atom stereocenters. The van der Waals surface area contributed by atoms with Crippen LogP contribution in [0.5, 0.6) is 0 Å². The first-order valence-corrected chi connectivity index (χ1v) is 7.75. The van der Waals surface area contributed by atoms with E-state index in [2.05, 4.69) is 10.6 Å². The van der Waals surface area contributed by atoms with Gasteiger partial charge in [0, 0.05) is 31.2 Å². The molecule has 0 aliphatic carbocycles. The Bertz CT molecular complexity index is 418. The summed E-state index contributed by atoms with van der Waals surface area (Å²) in [6.45, 7) is 8.50. The van der Waals surface area contributed by atoms with Crippen LogP contribution >= 0.6 is 0 Å². The molecule has 0 aromatic carbocycles. The maximum Gasteiger partial charge on any atom is 0.223 e. The van der Waals surface area contributed by atoms with Gasteiger partial charge in [0.1, 0.15) is 5.78 Å². The lowest BCUT2D eigenvalue weighted by Gasteiger charge is -2.17. The molecule has 2 amide bonds. The lowest BCUT2D eigenvalue weighted by Crippen LogP contribution is -2.41. The van der Waals surface area contributed by atoms with Gasteiger partial charge in [-0.1, -0.05) is 6.92 Å². The zero-order chi connectivity index (χ0) is 17.3. The van der Waals surface area contributed by atoms with Crippen molar-refractivity contribution in [1.29, 1.82) is 0 Å². The average molecular weight is 312 g/mol. The van der Waals surface area contributed by atoms with Crippen molar-refractivity contribution in [3.63, 3.8) is 0 Å². The van der Waals surface area contributed by atoms with Crippen molar-refractivity contribution in [3.05, 3.63) is 0 Å². The van der Waals surface area contributed by atoms with E-state index in [9.17, 15) is 19.2 Å². The molecule has 0 saturated carbocycles. The van der Waals surface area contributed by atoms with Crippen molar-refractivity contribution in [3.8, 4) is 0 Å². The van der Waals surface area contributed by atoms with Crippen LogP contribution in [-0.4, -0.2) is 35.5 Å². The SMILES string of the molecule is CC(=O)CCCC(=O)NC(C)C(=O)CC(C)C(=O)NC(C)C. The number of rotatable bonds is 10. The molecule has 0 saturated heterocycles. The van der Waals surface area contributed by atoms with Crippen molar-refractivity contribution < 1.29 is 19.2 Å². The standard InChI is InChI=1S/C16H28N2O4/c1-10(2)17-16(22)11(3)9-14(20)13(5)18-15(21)8-6-7-12(4)19/h10-11,13H,6-9H2,1-5H3,(H,17,22)(H,18,21). The van der Waals surface area contributed by atoms with Gasteiger partial charge < -0.3 is 15.4 Å². The molecule has 2 N–H and O–H groups in total. The molecule has 2 atom stereocenters. The zero-order valence-electron chi connectivity index (χ0n) is 14.2. The molecule has 0 aliphatic rings. The molecule has 0 rings (SSSR count). The summed E-state index contributed by atoms with van der Waals surface area (Å²) < 4.78 is 0. The van der Waals surface area contributed by atoms with Gasteiger partial charge in [-0.3, -0.25) is 14.4 Å². The summed E-state index contributed by atoms with van der Waals surface area (Å²) in [5.41, 5.74) is 0. The maximum absolute atomic E-state index is 12.0. The number of nitrogens with one attached hydrogen (secondary N) is 2. The van der Waals surface area contributed by atoms with Gasteiger partial charge in [0.25, 0.3) is 0 Å². The number of hydrogen-bond acceptors (Lipinski definition) is 4. The highest BCUT2D eigenvalue weighted by Gasteiger charge is 2.22. The van der Waals surface area contributed by atoms with Gasteiger partial charge in [0.2, 0.25) is 11.8 Å². The Kier molecular flexibility index (Phi) is 9.29. The molecule has 0 spiro atoms. The third kappa shape index (κ3) is 9.26. The van der Waals surface area contributed by atoms with Crippen molar-refractivity contribution >= 4 is 23.4 Å². The van der Waals surface area contributed by atoms with Gasteiger partial charge in [-0.25, -0.2) is 0 Å². The summed E-state index contributed by atoms with van der Waals surface area (Å²) in [7, 11) is 0. The molecule has 0 aliphatic heterocycles. The van der Waals surface area contributed by atoms with Crippen LogP contribution in [-0.2, 0) is 19.2 Å². The summed E-state index contributed by atoms with van der Waals surface area (Å²) in [6.07, 6.45) is 1.16. The minimum atomic E-state index is -0.626. The van der Waals surface area contributed by atoms with Crippen LogP contribution in [0.3, 0.4) is 0 Å². The van der Waals surface area contributed by atoms with Crippen LogP contribution in [0.15, 0.2) is 0 Å². The Labute approximate surface area is 132 Å². The molecule has 6 heteroatoms. The number of amides is 2. The van der Waals surface area contributed by atoms with E-state index >= 15 is 0 Å². The molecular formula is C16H28N2O4. The quantitative estimate of drug-likeness (QED) is 0.637. The Morgan fingerprint density at radius 1 is 0.909 bits per heavy atom. The number of ketones is 2. The summed E-state index contributed by atoms with van der Waals surface area (Å²) in [5, 5.41) is 5.36. The lowest BCUT2D eigenvalue weighted by molar-refractivity contribution is -0.131. The second-order valence-electron chi connectivity index (χ2n) is 6.08. The van der Waals surface area contributed by atoms with E-state index in [0.717, 1.165) is 0 Å². The monoisotopic (exact) mass is 312 g/mol. The molecule has 0 bridgehead atoms. The van der Waals surface area contributed by atoms with Crippen molar-refractivity contribution in [2.45, 2.75) is 72.4 Å². The van der Waals surface area contributed by atoms with Gasteiger partial charge >= 0.3 is 0 Å². The van der Waals surface area contributed by atoms with Gasteiger partial charge in [0.05, 0.1) is 6.04 Å². The fraction of sp³-hybridized carbons (Fsp3) is 0.750. The van der Waals surface area contributed by atoms with E-state index < -0.39 is 12.0 Å². The van der Waals surface area contributed by atoms with Crippen molar-refractivity contribution in [1.82, 2.24) is 10.6 Å². The fourth-order valence-corrected chi connectivity index (χ4v) is 1.89. The third-order valence-electron chi connectivity index (χ3n) is 3.18. The third-order valence-corrected chi connectivity index (χ3v) is 3.18. The second-order valence-corrected chi connectivity index (χ2v) is 6.08. The highest BCUT2D eigenvalue weighted by molar-refractivity contribution is 5.92. The molecule has 22 heavy (non-hydrogen) atoms. The Hall–Kier alpha value is -1.72. The highest BCUT2D eigenvalue weighted by Crippen LogP contribution is 2.06. The first kappa shape index (κ1) is 20.3. The zero-order valence-corrected chi connectivity index (χ0v) is 14.2. The molecule has 0 fully saturated rings. The number of Topliss-reactive ketones (excluding diaryl/α,β-unsaturated/α-hetero) is 2. The van der Waals surface area contributed by atoms with Crippen molar-refractivity contribution in [2.24, 2.45) is 5.92 Å². The van der Waals surface area contributed by atoms with E-state index in [1.165, 1.54) is 6.92 Å². The van der Waals surface area contributed by atoms with E-state index in [1.807, 2.05) is 13.8 Å². The number of hydrogen-bond donors (Lipinski definition) is 2. The minimum Gasteiger partial charge on any atom is -0.354 e. The van der Waals surface area contributed by atoms with Crippen molar-refractivity contribution in [2.75, 3.05) is 0 Å². The van der Waals surface area contributed by atoms with E-state index in [1.54, 1.807) is 13.8 Å². The summed E-state index contributed by atoms with van der Waals surface area (Å²) in [5.74, 6) is -0.968. The van der Waals surface area contributed by atoms with Crippen LogP contribution in [0.4, 0.5) is 0 Å². The molecule has 0 heterocycles. The number of carbonyl (C=O) groups excluding carboxylic acids is 4. The lowest BCUT2D eigenvalue weighted by atomic mass is 9.99. The largest absolute Gasteiger partial charge is 0.354 e. The normalized spacial score (nSPS) is 13.4. The first-order chi connectivity index (χ1) is 10.1. The predicted octanol–water partition coefficient (Wildman–Crippen LogP) is 1.37. The van der Waals surface area contributed by atoms with Crippen LogP contribution in [0.25, 0.3) is 0 Å². The highest BCUT2D eigenvalue weighted by atomic mass is 16.2. The molecule has 6 nitrogen and oxygen atoms in total. The smallest absolute Gasteiger partial charge is 0.223 e. The predicted molar refractivity (Wildman–Crippen MR) is 84.2 cm³/mol. The molecule has 0 aromatic heterocycles. The molecule has 126 valence electrons. The van der Waals surface area contributed by atoms with Gasteiger partial charge in [-0.05, 0) is 34.1 Å². The Morgan fingerprint density at radius 2 is 1.50 bits per heavy atom. The topological polar surface area (TPSA) is 92.3 Å². The number of carbonyl (C=O) groups is 4. The Balaban J connectivity index is 4.17. The van der Waals surface area contributed by atoms with Crippen LogP contribution in [0.1, 0.15) is 60.3 Å². The first-order valence-electron chi connectivity index (χ1n) is 7.75. The molecule has 0 radical (unpaired) electrons. The van der Waals surface area contributed by atoms with Gasteiger partial charge in [-0.2, -0.15) is 0 Å². The summed E-state index contributed by atoms with van der Waals surface area (Å²) >= 11 is 0. The van der Waals surface area contributed by atoms with Crippen LogP contribution in [0, 0.1) is 5.92 Å². The second kappa shape index (κ2) is 10.1. The molecular weight excluding hydrogens is 284 g/mol. The van der Waals surface area contributed by atoms with Crippen LogP contribution in [0.2, 0.25) is 0 Å². The summed E-state index contributed by atoms with van der Waals surface area (Å²) in [4.78, 5) is 46.2. The van der Waals surface area contributed by atoms with Crippen LogP contribution < -0.4 is 10.6 Å². The Morgan fingerprint density at radius 3 is 2.00 bits per heavy atom. The summed E-state index contributed by atoms with van der Waals surface area (Å²) in [6, 6.07) is -0.595. The van der Waals surface area contributed by atoms with E-state index in [4.69, 9.17) is 0 Å². The fourth-order valence-electron chi connectivity index (χ4n) is 1.89. The maximum atomic E-state index is 12.0. The van der Waals surface area contributed by atoms with E-state index in [0.29, 0.717) is 12.8 Å². The average Bonchev–Trinajstić information content (AvgIpc) is 2.36. The van der Waals surface area contributed by atoms with Gasteiger partial charge in [0.15, 0.2) is 5.78 Å².